The van der Waals surface area contributed by atoms with Crippen LogP contribution >= 0.6 is 0 Å². The van der Waals surface area contributed by atoms with Crippen LogP contribution in [0.4, 0.5) is 13.2 Å². The van der Waals surface area contributed by atoms with E-state index < -0.39 is 17.8 Å². The highest BCUT2D eigenvalue weighted by molar-refractivity contribution is 5.29. The van der Waals surface area contributed by atoms with Gasteiger partial charge in [-0.2, -0.15) is 13.2 Å². The number of benzene rings is 2. The minimum Gasteiger partial charge on any atom is -0.497 e. The Kier molecular flexibility index (Phi) is 5.08. The van der Waals surface area contributed by atoms with Crippen molar-refractivity contribution in [1.82, 2.24) is 0 Å². The first-order chi connectivity index (χ1) is 10.4. The van der Waals surface area contributed by atoms with Crippen LogP contribution in [0.2, 0.25) is 0 Å². The lowest BCUT2D eigenvalue weighted by Crippen LogP contribution is -2.05. The minimum absolute atomic E-state index is 0.442. The summed E-state index contributed by atoms with van der Waals surface area (Å²) in [5, 5.41) is 10.1. The molecule has 0 spiro atoms. The highest BCUT2D eigenvalue weighted by Gasteiger charge is 2.29. The van der Waals surface area contributed by atoms with Gasteiger partial charge in [0, 0.05) is 0 Å². The standard InChI is InChI=1S/C17H17F3O2/c1-22-15-9-5-13(6-10-15)16(21)11-4-12-2-7-14(8-3-12)17(18,19)20/h2-3,5-10,16,21H,4,11H2,1H3. The Bertz CT molecular complexity index is 589. The predicted octanol–water partition coefficient (Wildman–Crippen LogP) is 4.38. The third-order valence-electron chi connectivity index (χ3n) is 3.49. The molecule has 2 rings (SSSR count). The smallest absolute Gasteiger partial charge is 0.416 e. The van der Waals surface area contributed by atoms with Crippen molar-refractivity contribution in [3.05, 3.63) is 65.2 Å². The molecule has 1 N–H and O–H groups in total. The quantitative estimate of drug-likeness (QED) is 0.888. The first-order valence-electron chi connectivity index (χ1n) is 6.88. The Morgan fingerprint density at radius 1 is 1.00 bits per heavy atom. The zero-order chi connectivity index (χ0) is 16.2. The lowest BCUT2D eigenvalue weighted by molar-refractivity contribution is -0.137. The summed E-state index contributed by atoms with van der Waals surface area (Å²) in [7, 11) is 1.57. The third kappa shape index (κ3) is 4.24. The van der Waals surface area contributed by atoms with Crippen molar-refractivity contribution in [2.75, 3.05) is 7.11 Å². The van der Waals surface area contributed by atoms with Crippen molar-refractivity contribution >= 4 is 0 Å². The molecule has 0 aliphatic rings. The molecule has 5 heteroatoms. The van der Waals surface area contributed by atoms with E-state index in [9.17, 15) is 18.3 Å². The second kappa shape index (κ2) is 6.83. The van der Waals surface area contributed by atoms with Gasteiger partial charge in [0.15, 0.2) is 0 Å². The number of hydrogen-bond donors (Lipinski definition) is 1. The second-order valence-electron chi connectivity index (χ2n) is 5.02. The average molecular weight is 310 g/mol. The van der Waals surface area contributed by atoms with Gasteiger partial charge in [-0.25, -0.2) is 0 Å². The third-order valence-corrected chi connectivity index (χ3v) is 3.49. The van der Waals surface area contributed by atoms with Gasteiger partial charge >= 0.3 is 6.18 Å². The fourth-order valence-electron chi connectivity index (χ4n) is 2.16. The molecule has 0 aromatic heterocycles. The van der Waals surface area contributed by atoms with E-state index in [0.717, 1.165) is 23.3 Å². The Balaban J connectivity index is 1.94. The number of aliphatic hydroxyl groups excluding tert-OH is 1. The van der Waals surface area contributed by atoms with E-state index in [-0.39, 0.29) is 0 Å². The summed E-state index contributed by atoms with van der Waals surface area (Å²) in [5.74, 6) is 0.707. The van der Waals surface area contributed by atoms with Crippen molar-refractivity contribution in [2.24, 2.45) is 0 Å². The van der Waals surface area contributed by atoms with Crippen LogP contribution in [-0.4, -0.2) is 12.2 Å². The van der Waals surface area contributed by atoms with Crippen LogP contribution in [0.25, 0.3) is 0 Å². The van der Waals surface area contributed by atoms with Gasteiger partial charge in [0.05, 0.1) is 18.8 Å². The van der Waals surface area contributed by atoms with E-state index >= 15 is 0 Å². The summed E-state index contributed by atoms with van der Waals surface area (Å²) in [6.45, 7) is 0. The van der Waals surface area contributed by atoms with E-state index in [1.165, 1.54) is 12.1 Å². The molecule has 0 saturated carbocycles. The summed E-state index contributed by atoms with van der Waals surface area (Å²) in [6.07, 6.45) is -4.03. The highest BCUT2D eigenvalue weighted by Crippen LogP contribution is 2.29. The maximum Gasteiger partial charge on any atom is 0.416 e. The Morgan fingerprint density at radius 2 is 1.59 bits per heavy atom. The number of aliphatic hydroxyl groups is 1. The number of methoxy groups -OCH3 is 1. The summed E-state index contributed by atoms with van der Waals surface area (Å²) >= 11 is 0. The fraction of sp³-hybridized carbons (Fsp3) is 0.294. The Hall–Kier alpha value is -2.01. The number of rotatable bonds is 5. The topological polar surface area (TPSA) is 29.5 Å². The van der Waals surface area contributed by atoms with Crippen molar-refractivity contribution in [2.45, 2.75) is 25.1 Å². The van der Waals surface area contributed by atoms with Gasteiger partial charge < -0.3 is 9.84 Å². The minimum atomic E-state index is -4.32. The summed E-state index contributed by atoms with van der Waals surface area (Å²) in [5.41, 5.74) is 0.861. The van der Waals surface area contributed by atoms with Crippen LogP contribution in [0, 0.1) is 0 Å². The molecule has 0 heterocycles. The largest absolute Gasteiger partial charge is 0.497 e. The molecule has 0 saturated heterocycles. The average Bonchev–Trinajstić information content (AvgIpc) is 2.52. The van der Waals surface area contributed by atoms with Crippen molar-refractivity contribution in [3.8, 4) is 5.75 Å². The number of halogens is 3. The van der Waals surface area contributed by atoms with E-state index in [2.05, 4.69) is 0 Å². The molecular weight excluding hydrogens is 293 g/mol. The van der Waals surface area contributed by atoms with E-state index in [1.54, 1.807) is 31.4 Å². The van der Waals surface area contributed by atoms with Crippen molar-refractivity contribution < 1.29 is 23.0 Å². The Morgan fingerprint density at radius 3 is 2.09 bits per heavy atom. The molecule has 0 aliphatic carbocycles. The number of ether oxygens (including phenoxy) is 1. The van der Waals surface area contributed by atoms with Gasteiger partial charge in [0.2, 0.25) is 0 Å². The summed E-state index contributed by atoms with van der Waals surface area (Å²) in [4.78, 5) is 0. The Labute approximate surface area is 127 Å². The van der Waals surface area contributed by atoms with Crippen molar-refractivity contribution in [1.29, 1.82) is 0 Å². The molecule has 118 valence electrons. The normalized spacial score (nSPS) is 13.0. The molecule has 0 amide bonds. The van der Waals surface area contributed by atoms with E-state index in [1.807, 2.05) is 0 Å². The molecule has 2 aromatic rings. The molecule has 1 atom stereocenters. The zero-order valence-corrected chi connectivity index (χ0v) is 12.1. The lowest BCUT2D eigenvalue weighted by Gasteiger charge is -2.12. The van der Waals surface area contributed by atoms with Crippen LogP contribution in [0.15, 0.2) is 48.5 Å². The van der Waals surface area contributed by atoms with Crippen LogP contribution in [0.1, 0.15) is 29.2 Å². The van der Waals surface area contributed by atoms with E-state index in [4.69, 9.17) is 4.74 Å². The molecule has 0 fully saturated rings. The molecule has 2 nitrogen and oxygen atoms in total. The van der Waals surface area contributed by atoms with Gasteiger partial charge in [-0.3, -0.25) is 0 Å². The van der Waals surface area contributed by atoms with Crippen molar-refractivity contribution in [3.63, 3.8) is 0 Å². The molecule has 0 radical (unpaired) electrons. The van der Waals surface area contributed by atoms with Crippen LogP contribution in [-0.2, 0) is 12.6 Å². The first-order valence-corrected chi connectivity index (χ1v) is 6.88. The monoisotopic (exact) mass is 310 g/mol. The molecule has 22 heavy (non-hydrogen) atoms. The second-order valence-corrected chi connectivity index (χ2v) is 5.02. The van der Waals surface area contributed by atoms with E-state index in [0.29, 0.717) is 18.6 Å². The number of alkyl halides is 3. The van der Waals surface area contributed by atoms with Gasteiger partial charge in [0.1, 0.15) is 5.75 Å². The molecule has 2 aromatic carbocycles. The highest BCUT2D eigenvalue weighted by atomic mass is 19.4. The van der Waals surface area contributed by atoms with Gasteiger partial charge in [-0.05, 0) is 48.2 Å². The maximum atomic E-state index is 12.5. The van der Waals surface area contributed by atoms with Crippen LogP contribution in [0.5, 0.6) is 5.75 Å². The molecule has 0 bridgehead atoms. The fourth-order valence-corrected chi connectivity index (χ4v) is 2.16. The molecule has 0 aliphatic heterocycles. The van der Waals surface area contributed by atoms with Crippen LogP contribution in [0.3, 0.4) is 0 Å². The molecular formula is C17H17F3O2. The van der Waals surface area contributed by atoms with Gasteiger partial charge in [-0.15, -0.1) is 0 Å². The molecule has 1 unspecified atom stereocenters. The van der Waals surface area contributed by atoms with Crippen LogP contribution < -0.4 is 4.74 Å². The number of aryl methyl sites for hydroxylation is 1. The summed E-state index contributed by atoms with van der Waals surface area (Å²) in [6, 6.07) is 12.1. The lowest BCUT2D eigenvalue weighted by atomic mass is 10.0. The first kappa shape index (κ1) is 16.4. The predicted molar refractivity (Wildman–Crippen MR) is 77.7 cm³/mol. The maximum absolute atomic E-state index is 12.5. The number of hydrogen-bond acceptors (Lipinski definition) is 2. The zero-order valence-electron chi connectivity index (χ0n) is 12.1. The van der Waals surface area contributed by atoms with Gasteiger partial charge in [-0.1, -0.05) is 24.3 Å². The van der Waals surface area contributed by atoms with Gasteiger partial charge in [0.25, 0.3) is 0 Å². The summed E-state index contributed by atoms with van der Waals surface area (Å²) < 4.78 is 42.4. The SMILES string of the molecule is COc1ccc(C(O)CCc2ccc(C(F)(F)F)cc2)cc1.